The third kappa shape index (κ3) is 4.70. The summed E-state index contributed by atoms with van der Waals surface area (Å²) in [6.45, 7) is 14.7. The van der Waals surface area contributed by atoms with Crippen molar-refractivity contribution in [2.45, 2.75) is 45.7 Å². The van der Waals surface area contributed by atoms with Crippen molar-refractivity contribution in [2.75, 3.05) is 0 Å². The van der Waals surface area contributed by atoms with Gasteiger partial charge in [-0.1, -0.05) is 121 Å². The molecule has 0 atom stereocenters. The van der Waals surface area contributed by atoms with Gasteiger partial charge in [0.05, 0.1) is 16.1 Å². The molecule has 1 aliphatic carbocycles. The van der Waals surface area contributed by atoms with Crippen LogP contribution in [0.5, 0.6) is 0 Å². The fourth-order valence-electron chi connectivity index (χ4n) is 5.27. The molecule has 0 amide bonds. The molecule has 0 bridgehead atoms. The van der Waals surface area contributed by atoms with E-state index < -0.39 is 16.1 Å². The molecule has 178 valence electrons. The number of rotatable bonds is 4. The third-order valence-corrected chi connectivity index (χ3v) is 11.6. The fourth-order valence-corrected chi connectivity index (χ4v) is 8.72. The van der Waals surface area contributed by atoms with Crippen LogP contribution in [0.4, 0.5) is 0 Å². The van der Waals surface area contributed by atoms with Gasteiger partial charge in [-0.3, -0.25) is 0 Å². The number of benzene rings is 4. The van der Waals surface area contributed by atoms with Crippen LogP contribution in [0, 0.1) is 0 Å². The molecule has 4 heteroatoms. The largest absolute Gasteiger partial charge is 0.0843 e. The van der Waals surface area contributed by atoms with E-state index in [2.05, 4.69) is 87.8 Å². The quantitative estimate of drug-likeness (QED) is 0.203. The minimum Gasteiger partial charge on any atom is -0.0843 e. The van der Waals surface area contributed by atoms with E-state index in [0.29, 0.717) is 0 Å². The highest BCUT2D eigenvalue weighted by atomic mass is 35.5. The summed E-state index contributed by atoms with van der Waals surface area (Å²) in [5, 5.41) is 4.60. The second-order valence-electron chi connectivity index (χ2n) is 11.8. The predicted molar refractivity (Wildman–Crippen MR) is 162 cm³/mol. The maximum atomic E-state index is 6.21. The summed E-state index contributed by atoms with van der Waals surface area (Å²) in [5.74, 6) is 0. The summed E-state index contributed by atoms with van der Waals surface area (Å²) in [6, 6.07) is 26.6. The highest BCUT2D eigenvalue weighted by Gasteiger charge is 2.30. The van der Waals surface area contributed by atoms with E-state index in [1.807, 2.05) is 24.3 Å². The van der Waals surface area contributed by atoms with Gasteiger partial charge in [0.15, 0.2) is 0 Å². The van der Waals surface area contributed by atoms with Crippen molar-refractivity contribution >= 4 is 49.7 Å². The first-order valence-corrected chi connectivity index (χ1v) is 20.0. The van der Waals surface area contributed by atoms with E-state index >= 15 is 0 Å². The molecule has 4 aromatic rings. The molecule has 1 aliphatic rings. The third-order valence-electron chi connectivity index (χ3n) is 7.08. The van der Waals surface area contributed by atoms with Crippen molar-refractivity contribution in [3.05, 3.63) is 94.0 Å². The molecule has 0 aromatic heterocycles. The molecule has 0 spiro atoms. The van der Waals surface area contributed by atoms with Crippen LogP contribution in [-0.4, -0.2) is 16.1 Å². The Bertz CT molecular complexity index is 1310. The first-order chi connectivity index (χ1) is 16.4. The summed E-state index contributed by atoms with van der Waals surface area (Å²) in [7, 11) is -3.19. The van der Waals surface area contributed by atoms with Gasteiger partial charge >= 0.3 is 0 Å². The van der Waals surface area contributed by atoms with E-state index in [0.717, 1.165) is 16.5 Å². The van der Waals surface area contributed by atoms with E-state index in [-0.39, 0.29) is 0 Å². The predicted octanol–water partition coefficient (Wildman–Crippen LogP) is 8.99. The van der Waals surface area contributed by atoms with Crippen molar-refractivity contribution in [1.82, 2.24) is 0 Å². The Balaban J connectivity index is 1.72. The van der Waals surface area contributed by atoms with Crippen LogP contribution in [0.2, 0.25) is 49.3 Å². The lowest BCUT2D eigenvalue weighted by molar-refractivity contribution is 1.27. The van der Waals surface area contributed by atoms with Crippen LogP contribution >= 0.6 is 23.2 Å². The summed E-state index contributed by atoms with van der Waals surface area (Å²) < 4.78 is 0. The van der Waals surface area contributed by atoms with Crippen molar-refractivity contribution in [2.24, 2.45) is 0 Å². The molecule has 0 saturated heterocycles. The Morgan fingerprint density at radius 3 is 1.14 bits per heavy atom. The fraction of sp³-hybridized carbons (Fsp3) is 0.226. The molecule has 0 fully saturated rings. The zero-order valence-corrected chi connectivity index (χ0v) is 24.9. The smallest absolute Gasteiger partial charge is 0.0784 e. The lowest BCUT2D eigenvalue weighted by atomic mass is 9.97. The lowest BCUT2D eigenvalue weighted by Crippen LogP contribution is -2.39. The molecule has 0 heterocycles. The molecule has 5 rings (SSSR count). The lowest BCUT2D eigenvalue weighted by Gasteiger charge is -2.24. The van der Waals surface area contributed by atoms with Crippen molar-refractivity contribution < 1.29 is 0 Å². The molecule has 35 heavy (non-hydrogen) atoms. The molecule has 0 radical (unpaired) electrons. The molecular weight excluding hydrogens is 499 g/mol. The second kappa shape index (κ2) is 8.78. The van der Waals surface area contributed by atoms with E-state index in [9.17, 15) is 0 Å². The van der Waals surface area contributed by atoms with Crippen LogP contribution < -0.4 is 10.4 Å². The standard InChI is InChI=1S/C31H32Cl2Si2/c1-34(2,3)30-18-26-22(16-28(30)20-7-11-24(32)12-8-20)15-23-17-29(21-9-13-25(33)14-10-21)31(19-27(23)26)35(4,5)6/h7-14,16-19H,15H2,1-6H3. The summed E-state index contributed by atoms with van der Waals surface area (Å²) in [5.41, 5.74) is 11.0. The van der Waals surface area contributed by atoms with Crippen LogP contribution in [0.1, 0.15) is 11.1 Å². The average Bonchev–Trinajstić information content (AvgIpc) is 3.14. The SMILES string of the molecule is C[Si](C)(C)c1cc2c(cc1-c1ccc(Cl)cc1)Cc1cc(-c3ccc(Cl)cc3)c([Si](C)(C)C)cc1-2. The molecular formula is C31H32Cl2Si2. The molecule has 0 N–H and O–H groups in total. The Kier molecular flexibility index (Phi) is 6.16. The Hall–Kier alpha value is -2.11. The first-order valence-electron chi connectivity index (χ1n) is 12.3. The zero-order chi connectivity index (χ0) is 25.1. The molecule has 0 saturated carbocycles. The van der Waals surface area contributed by atoms with Gasteiger partial charge in [0.25, 0.3) is 0 Å². The van der Waals surface area contributed by atoms with E-state index in [4.69, 9.17) is 23.2 Å². The maximum Gasteiger partial charge on any atom is 0.0784 e. The van der Waals surface area contributed by atoms with Gasteiger partial charge < -0.3 is 0 Å². The van der Waals surface area contributed by atoms with Crippen molar-refractivity contribution in [3.63, 3.8) is 0 Å². The summed E-state index contributed by atoms with van der Waals surface area (Å²) >= 11 is 12.4. The highest BCUT2D eigenvalue weighted by molar-refractivity contribution is 6.90. The summed E-state index contributed by atoms with van der Waals surface area (Å²) in [4.78, 5) is 0. The Morgan fingerprint density at radius 2 is 0.829 bits per heavy atom. The highest BCUT2D eigenvalue weighted by Crippen LogP contribution is 2.41. The molecule has 0 aliphatic heterocycles. The van der Waals surface area contributed by atoms with E-state index in [1.54, 1.807) is 0 Å². The number of hydrogen-bond acceptors (Lipinski definition) is 0. The summed E-state index contributed by atoms with van der Waals surface area (Å²) in [6.07, 6.45) is 0.976. The van der Waals surface area contributed by atoms with Crippen LogP contribution in [-0.2, 0) is 6.42 Å². The zero-order valence-electron chi connectivity index (χ0n) is 21.4. The molecule has 0 unspecified atom stereocenters. The second-order valence-corrected chi connectivity index (χ2v) is 22.8. The average molecular weight is 532 g/mol. The molecule has 0 nitrogen and oxygen atoms in total. The van der Waals surface area contributed by atoms with Gasteiger partial charge in [0.2, 0.25) is 0 Å². The van der Waals surface area contributed by atoms with Crippen LogP contribution in [0.15, 0.2) is 72.8 Å². The van der Waals surface area contributed by atoms with Crippen molar-refractivity contribution in [1.29, 1.82) is 0 Å². The van der Waals surface area contributed by atoms with Gasteiger partial charge in [0, 0.05) is 10.0 Å². The minimum atomic E-state index is -1.59. The van der Waals surface area contributed by atoms with E-state index in [1.165, 1.54) is 54.9 Å². The monoisotopic (exact) mass is 530 g/mol. The number of fused-ring (bicyclic) bond motifs is 3. The topological polar surface area (TPSA) is 0 Å². The molecule has 4 aromatic carbocycles. The van der Waals surface area contributed by atoms with Crippen molar-refractivity contribution in [3.8, 4) is 33.4 Å². The Morgan fingerprint density at radius 1 is 0.486 bits per heavy atom. The Labute approximate surface area is 222 Å². The number of halogens is 2. The van der Waals surface area contributed by atoms with Gasteiger partial charge in [-0.15, -0.1) is 0 Å². The van der Waals surface area contributed by atoms with Gasteiger partial charge in [-0.2, -0.15) is 0 Å². The van der Waals surface area contributed by atoms with Gasteiger partial charge in [0.1, 0.15) is 0 Å². The first kappa shape index (κ1) is 24.6. The van der Waals surface area contributed by atoms with Gasteiger partial charge in [-0.25, -0.2) is 0 Å². The minimum absolute atomic E-state index is 0.783. The maximum absolute atomic E-state index is 6.21. The van der Waals surface area contributed by atoms with Crippen LogP contribution in [0.25, 0.3) is 33.4 Å². The number of hydrogen-bond donors (Lipinski definition) is 0. The van der Waals surface area contributed by atoms with Gasteiger partial charge in [-0.05, 0) is 75.2 Å². The normalized spacial score (nSPS) is 13.0. The van der Waals surface area contributed by atoms with Crippen LogP contribution in [0.3, 0.4) is 0 Å².